The van der Waals surface area contributed by atoms with Crippen LogP contribution in [0, 0.1) is 6.92 Å². The Morgan fingerprint density at radius 1 is 1.19 bits per heavy atom. The van der Waals surface area contributed by atoms with Crippen molar-refractivity contribution in [3.05, 3.63) is 39.1 Å². The van der Waals surface area contributed by atoms with Gasteiger partial charge in [0.25, 0.3) is 0 Å². The summed E-state index contributed by atoms with van der Waals surface area (Å²) < 4.78 is 6.04. The smallest absolute Gasteiger partial charge is 0.161 e. The van der Waals surface area contributed by atoms with Crippen LogP contribution in [0.3, 0.4) is 0 Å². The van der Waals surface area contributed by atoms with E-state index in [2.05, 4.69) is 46.7 Å². The SMILES string of the molecule is COc1ccc(-c2nc(Cl)c(Br)c(C(C)(C)C)n2)cc1C. The molecule has 0 bridgehead atoms. The Bertz CT molecular complexity index is 681. The van der Waals surface area contributed by atoms with Crippen molar-refractivity contribution in [1.82, 2.24) is 9.97 Å². The highest BCUT2D eigenvalue weighted by atomic mass is 79.9. The van der Waals surface area contributed by atoms with E-state index in [0.717, 1.165) is 27.0 Å². The molecular formula is C16H18BrClN2O. The molecule has 5 heteroatoms. The normalized spacial score (nSPS) is 11.6. The van der Waals surface area contributed by atoms with Crippen LogP contribution in [0.15, 0.2) is 22.7 Å². The van der Waals surface area contributed by atoms with E-state index in [1.807, 2.05) is 25.1 Å². The van der Waals surface area contributed by atoms with Crippen LogP contribution in [0.5, 0.6) is 5.75 Å². The van der Waals surface area contributed by atoms with E-state index < -0.39 is 0 Å². The first-order chi connectivity index (χ1) is 9.74. The lowest BCUT2D eigenvalue weighted by molar-refractivity contribution is 0.412. The Kier molecular flexibility index (Phi) is 4.59. The second-order valence-electron chi connectivity index (χ2n) is 5.94. The minimum atomic E-state index is -0.123. The summed E-state index contributed by atoms with van der Waals surface area (Å²) in [6, 6.07) is 5.86. The molecule has 1 aromatic carbocycles. The molecule has 2 rings (SSSR count). The molecule has 0 aliphatic rings. The molecule has 0 amide bonds. The summed E-state index contributed by atoms with van der Waals surface area (Å²) in [5, 5.41) is 0.429. The van der Waals surface area contributed by atoms with Gasteiger partial charge >= 0.3 is 0 Å². The number of benzene rings is 1. The topological polar surface area (TPSA) is 35.0 Å². The van der Waals surface area contributed by atoms with Gasteiger partial charge in [0.2, 0.25) is 0 Å². The molecule has 21 heavy (non-hydrogen) atoms. The Hall–Kier alpha value is -1.13. The predicted octanol–water partition coefficient (Wildman–Crippen LogP) is 5.17. The van der Waals surface area contributed by atoms with Gasteiger partial charge in [-0.05, 0) is 46.6 Å². The van der Waals surface area contributed by atoms with Crippen molar-refractivity contribution in [3.63, 3.8) is 0 Å². The van der Waals surface area contributed by atoms with Crippen molar-refractivity contribution in [2.24, 2.45) is 0 Å². The number of aromatic nitrogens is 2. The van der Waals surface area contributed by atoms with Gasteiger partial charge in [0.15, 0.2) is 5.82 Å². The van der Waals surface area contributed by atoms with E-state index in [1.54, 1.807) is 7.11 Å². The van der Waals surface area contributed by atoms with Gasteiger partial charge in [0.05, 0.1) is 17.3 Å². The Morgan fingerprint density at radius 3 is 2.38 bits per heavy atom. The summed E-state index contributed by atoms with van der Waals surface area (Å²) in [7, 11) is 1.66. The fraction of sp³-hybridized carbons (Fsp3) is 0.375. The number of methoxy groups -OCH3 is 1. The van der Waals surface area contributed by atoms with Gasteiger partial charge < -0.3 is 4.74 Å². The zero-order valence-electron chi connectivity index (χ0n) is 12.8. The van der Waals surface area contributed by atoms with Crippen molar-refractivity contribution >= 4 is 27.5 Å². The maximum absolute atomic E-state index is 6.25. The van der Waals surface area contributed by atoms with Gasteiger partial charge in [-0.25, -0.2) is 9.97 Å². The van der Waals surface area contributed by atoms with Crippen molar-refractivity contribution < 1.29 is 4.74 Å². The van der Waals surface area contributed by atoms with E-state index in [-0.39, 0.29) is 5.41 Å². The Morgan fingerprint density at radius 2 is 1.86 bits per heavy atom. The molecule has 0 aliphatic heterocycles. The molecular weight excluding hydrogens is 352 g/mol. The number of rotatable bonds is 2. The number of aryl methyl sites for hydroxylation is 1. The summed E-state index contributed by atoms with van der Waals surface area (Å²) in [4.78, 5) is 9.07. The van der Waals surface area contributed by atoms with Crippen molar-refractivity contribution in [3.8, 4) is 17.1 Å². The highest BCUT2D eigenvalue weighted by Gasteiger charge is 2.23. The van der Waals surface area contributed by atoms with Crippen molar-refractivity contribution in [1.29, 1.82) is 0 Å². The quantitative estimate of drug-likeness (QED) is 0.685. The molecule has 0 N–H and O–H groups in total. The van der Waals surface area contributed by atoms with E-state index in [4.69, 9.17) is 16.3 Å². The fourth-order valence-electron chi connectivity index (χ4n) is 2.06. The molecule has 0 radical (unpaired) electrons. The van der Waals surface area contributed by atoms with Crippen LogP contribution < -0.4 is 4.74 Å². The average molecular weight is 370 g/mol. The first-order valence-corrected chi connectivity index (χ1v) is 7.79. The molecule has 2 aromatic rings. The lowest BCUT2D eigenvalue weighted by Gasteiger charge is -2.20. The molecule has 112 valence electrons. The van der Waals surface area contributed by atoms with Crippen LogP contribution >= 0.6 is 27.5 Å². The van der Waals surface area contributed by atoms with Crippen molar-refractivity contribution in [2.75, 3.05) is 7.11 Å². The Labute approximate surface area is 138 Å². The molecule has 0 fully saturated rings. The van der Waals surface area contributed by atoms with Crippen molar-refractivity contribution in [2.45, 2.75) is 33.1 Å². The van der Waals surface area contributed by atoms with Gasteiger partial charge in [-0.2, -0.15) is 0 Å². The first-order valence-electron chi connectivity index (χ1n) is 6.62. The predicted molar refractivity (Wildman–Crippen MR) is 90.2 cm³/mol. The zero-order valence-corrected chi connectivity index (χ0v) is 15.1. The summed E-state index contributed by atoms with van der Waals surface area (Å²) in [5.41, 5.74) is 2.73. The number of ether oxygens (including phenoxy) is 1. The van der Waals surface area contributed by atoms with E-state index in [9.17, 15) is 0 Å². The molecule has 0 unspecified atom stereocenters. The second-order valence-corrected chi connectivity index (χ2v) is 7.09. The molecule has 0 saturated heterocycles. The molecule has 1 heterocycles. The highest BCUT2D eigenvalue weighted by Crippen LogP contribution is 2.34. The summed E-state index contributed by atoms with van der Waals surface area (Å²) >= 11 is 9.73. The third-order valence-electron chi connectivity index (χ3n) is 3.17. The van der Waals surface area contributed by atoms with Crippen LogP contribution in [-0.4, -0.2) is 17.1 Å². The van der Waals surface area contributed by atoms with Crippen LogP contribution in [0.25, 0.3) is 11.4 Å². The van der Waals surface area contributed by atoms with Crippen LogP contribution in [0.1, 0.15) is 32.0 Å². The minimum Gasteiger partial charge on any atom is -0.496 e. The lowest BCUT2D eigenvalue weighted by Crippen LogP contribution is -2.16. The highest BCUT2D eigenvalue weighted by molar-refractivity contribution is 9.10. The lowest BCUT2D eigenvalue weighted by atomic mass is 9.92. The fourth-order valence-corrected chi connectivity index (χ4v) is 3.00. The number of hydrogen-bond acceptors (Lipinski definition) is 3. The third-order valence-corrected chi connectivity index (χ3v) is 4.43. The van der Waals surface area contributed by atoms with Crippen LogP contribution in [-0.2, 0) is 5.41 Å². The van der Waals surface area contributed by atoms with Crippen LogP contribution in [0.4, 0.5) is 0 Å². The van der Waals surface area contributed by atoms with Gasteiger partial charge in [-0.3, -0.25) is 0 Å². The summed E-state index contributed by atoms with van der Waals surface area (Å²) in [5.74, 6) is 1.47. The zero-order chi connectivity index (χ0) is 15.8. The maximum atomic E-state index is 6.25. The molecule has 0 spiro atoms. The van der Waals surface area contributed by atoms with Crippen LogP contribution in [0.2, 0.25) is 5.15 Å². The average Bonchev–Trinajstić information content (AvgIpc) is 2.40. The standard InChI is InChI=1S/C16H18BrClN2O/c1-9-8-10(6-7-11(9)21-5)15-19-13(16(2,3)4)12(17)14(18)20-15/h6-8H,1-5H3. The van der Waals surface area contributed by atoms with Gasteiger partial charge in [0.1, 0.15) is 10.9 Å². The van der Waals surface area contributed by atoms with Gasteiger partial charge in [-0.1, -0.05) is 32.4 Å². The molecule has 3 nitrogen and oxygen atoms in total. The summed E-state index contributed by atoms with van der Waals surface area (Å²) in [6.45, 7) is 8.28. The third kappa shape index (κ3) is 3.38. The number of hydrogen-bond donors (Lipinski definition) is 0. The molecule has 0 atom stereocenters. The van der Waals surface area contributed by atoms with Gasteiger partial charge in [0, 0.05) is 11.0 Å². The summed E-state index contributed by atoms with van der Waals surface area (Å²) in [6.07, 6.45) is 0. The van der Waals surface area contributed by atoms with E-state index >= 15 is 0 Å². The van der Waals surface area contributed by atoms with E-state index in [1.165, 1.54) is 0 Å². The molecule has 1 aromatic heterocycles. The maximum Gasteiger partial charge on any atom is 0.161 e. The molecule has 0 saturated carbocycles. The Balaban J connectivity index is 2.60. The minimum absolute atomic E-state index is 0.123. The second kappa shape index (κ2) is 5.93. The van der Waals surface area contributed by atoms with Gasteiger partial charge in [-0.15, -0.1) is 0 Å². The van der Waals surface area contributed by atoms with E-state index in [0.29, 0.717) is 11.0 Å². The molecule has 0 aliphatic carbocycles. The number of nitrogens with zero attached hydrogens (tertiary/aromatic N) is 2. The monoisotopic (exact) mass is 368 g/mol. The first kappa shape index (κ1) is 16.2. The largest absolute Gasteiger partial charge is 0.496 e. The number of halogens is 2.